The zero-order valence-corrected chi connectivity index (χ0v) is 26.8. The quantitative estimate of drug-likeness (QED) is 0.394. The van der Waals surface area contributed by atoms with Crippen LogP contribution >= 0.6 is 0 Å². The fourth-order valence-electron chi connectivity index (χ4n) is 1.45. The van der Waals surface area contributed by atoms with E-state index in [9.17, 15) is 0 Å². The van der Waals surface area contributed by atoms with Crippen molar-refractivity contribution in [1.82, 2.24) is 14.7 Å². The Morgan fingerprint density at radius 1 is 0.741 bits per heavy atom. The summed E-state index contributed by atoms with van der Waals surface area (Å²) in [6.45, 7) is 4.59. The van der Waals surface area contributed by atoms with Crippen molar-refractivity contribution < 1.29 is 90.3 Å². The van der Waals surface area contributed by atoms with Crippen molar-refractivity contribution in [1.29, 1.82) is 0 Å². The summed E-state index contributed by atoms with van der Waals surface area (Å²) in [5.74, 6) is 0. The molecule has 0 bridgehead atoms. The van der Waals surface area contributed by atoms with Gasteiger partial charge >= 0.3 is 90.3 Å². The van der Waals surface area contributed by atoms with Crippen LogP contribution in [0.4, 0.5) is 0 Å². The zero-order valence-electron chi connectivity index (χ0n) is 18.9. The van der Waals surface area contributed by atoms with Crippen molar-refractivity contribution in [2.24, 2.45) is 0 Å². The minimum absolute atomic E-state index is 0. The number of hydrogen-bond donors (Lipinski definition) is 0. The average Bonchev–Trinajstić information content (AvgIpc) is 3.20. The zero-order chi connectivity index (χ0) is 16.6. The Morgan fingerprint density at radius 2 is 1.19 bits per heavy atom. The molecule has 0 saturated heterocycles. The molecule has 2 aromatic rings. The summed E-state index contributed by atoms with van der Waals surface area (Å²) in [6.07, 6.45) is 0. The molecule has 0 radical (unpaired) electrons. The molecule has 0 spiro atoms. The van der Waals surface area contributed by atoms with Crippen LogP contribution in [0.25, 0.3) is 0 Å². The molecular weight excluding hydrogens is 500 g/mol. The first kappa shape index (κ1) is 42.5. The fraction of sp³-hybridized carbons (Fsp3) is 0.429. The summed E-state index contributed by atoms with van der Waals surface area (Å²) in [7, 11) is 10.6. The van der Waals surface area contributed by atoms with Gasteiger partial charge in [0, 0.05) is 26.2 Å². The molecule has 148 valence electrons. The van der Waals surface area contributed by atoms with Gasteiger partial charge in [-0.05, 0) is 35.2 Å². The van der Waals surface area contributed by atoms with E-state index in [1.165, 1.54) is 0 Å². The van der Waals surface area contributed by atoms with E-state index in [0.717, 1.165) is 26.2 Å². The van der Waals surface area contributed by atoms with Gasteiger partial charge in [-0.25, -0.2) is 12.1 Å². The van der Waals surface area contributed by atoms with Crippen molar-refractivity contribution in [3.05, 3.63) is 75.5 Å². The van der Waals surface area contributed by atoms with Crippen LogP contribution in [0.2, 0.25) is 0 Å². The van der Waals surface area contributed by atoms with E-state index in [0.29, 0.717) is 0 Å². The van der Waals surface area contributed by atoms with Crippen LogP contribution in [0.1, 0.15) is 0 Å². The second kappa shape index (κ2) is 32.1. The standard InChI is InChI=1S/C9H23N3.C5H5.C5H4.2CH3.K.Ru.Zn/c1-10(2)6-8-12(5)9-7-11(3)4;2*1-2-4-5-3-1;;;;;/h6-9H2,1-5H3;1-5H;1-4H;2*1H3;;;/q;-1;-2;2*-1;+1;2*+2. The van der Waals surface area contributed by atoms with E-state index in [1.807, 2.05) is 54.6 Å². The molecule has 0 heterocycles. The maximum absolute atomic E-state index is 2.86. The second-order valence-corrected chi connectivity index (χ2v) is 5.76. The predicted molar refractivity (Wildman–Crippen MR) is 110 cm³/mol. The average molecular weight is 538 g/mol. The van der Waals surface area contributed by atoms with Gasteiger partial charge in [-0.3, -0.25) is 0 Å². The van der Waals surface area contributed by atoms with E-state index in [2.05, 4.69) is 56.0 Å². The van der Waals surface area contributed by atoms with Gasteiger partial charge in [0.25, 0.3) is 0 Å². The summed E-state index contributed by atoms with van der Waals surface area (Å²) in [4.78, 5) is 6.79. The van der Waals surface area contributed by atoms with E-state index < -0.39 is 0 Å². The normalized spacial score (nSPS) is 8.30. The summed E-state index contributed by atoms with van der Waals surface area (Å²) >= 11 is 0. The van der Waals surface area contributed by atoms with Crippen molar-refractivity contribution in [3.63, 3.8) is 0 Å². The maximum Gasteiger partial charge on any atom is 2.00 e. The molecule has 0 aliphatic carbocycles. The number of hydrogen-bond acceptors (Lipinski definition) is 3. The van der Waals surface area contributed by atoms with Crippen LogP contribution in [-0.4, -0.2) is 76.1 Å². The van der Waals surface area contributed by atoms with Gasteiger partial charge in [0.05, 0.1) is 0 Å². The topological polar surface area (TPSA) is 9.72 Å². The first-order valence-electron chi connectivity index (χ1n) is 7.74. The van der Waals surface area contributed by atoms with E-state index in [-0.39, 0.29) is 105 Å². The van der Waals surface area contributed by atoms with Gasteiger partial charge in [0.1, 0.15) is 0 Å². The van der Waals surface area contributed by atoms with Crippen molar-refractivity contribution in [3.8, 4) is 0 Å². The minimum atomic E-state index is 0. The molecule has 0 aliphatic rings. The summed E-state index contributed by atoms with van der Waals surface area (Å²) in [5.41, 5.74) is 0. The second-order valence-electron chi connectivity index (χ2n) is 5.76. The Morgan fingerprint density at radius 3 is 1.37 bits per heavy atom. The van der Waals surface area contributed by atoms with Crippen LogP contribution in [-0.2, 0) is 39.0 Å². The molecular formula is C21H38KN3RuZn. The number of nitrogens with zero attached hydrogens (tertiary/aromatic N) is 3. The third-order valence-electron chi connectivity index (χ3n) is 2.91. The van der Waals surface area contributed by atoms with Gasteiger partial charge in [0.15, 0.2) is 0 Å². The minimum Gasteiger partial charge on any atom is -0.376 e. The molecule has 0 fully saturated rings. The molecule has 0 unspecified atom stereocenters. The summed E-state index contributed by atoms with van der Waals surface area (Å²) < 4.78 is 0. The Hall–Kier alpha value is 1.46. The van der Waals surface area contributed by atoms with Crippen LogP contribution in [0, 0.1) is 20.9 Å². The Labute approximate surface area is 238 Å². The molecule has 2 rings (SSSR count). The molecule has 0 saturated carbocycles. The third kappa shape index (κ3) is 38.7. The van der Waals surface area contributed by atoms with E-state index >= 15 is 0 Å². The van der Waals surface area contributed by atoms with Crippen LogP contribution < -0.4 is 51.4 Å². The summed E-state index contributed by atoms with van der Waals surface area (Å²) in [6, 6.07) is 20.5. The SMILES string of the molecule is CN(C)CCN(C)CCN(C)C.[CH3-].[CH3-].[K+].[Ru+2].[Zn+2].[c-]1cc[cH-]c1.c1cc[cH-]c1. The van der Waals surface area contributed by atoms with Gasteiger partial charge < -0.3 is 59.9 Å². The Bertz CT molecular complexity index is 323. The third-order valence-corrected chi connectivity index (χ3v) is 2.91. The molecule has 0 aromatic heterocycles. The van der Waals surface area contributed by atoms with Gasteiger partial charge in [0.2, 0.25) is 0 Å². The van der Waals surface area contributed by atoms with Crippen LogP contribution in [0.5, 0.6) is 0 Å². The molecule has 6 heteroatoms. The Balaban J connectivity index is -0.0000000624. The number of rotatable bonds is 6. The molecule has 0 N–H and O–H groups in total. The first-order valence-corrected chi connectivity index (χ1v) is 7.74. The number of likely N-dealkylation sites (N-methyl/N-ethyl adjacent to an activating group) is 3. The van der Waals surface area contributed by atoms with Crippen LogP contribution in [0.15, 0.2) is 54.6 Å². The van der Waals surface area contributed by atoms with Crippen molar-refractivity contribution in [2.45, 2.75) is 0 Å². The Kier molecular flexibility index (Phi) is 50.6. The van der Waals surface area contributed by atoms with Crippen LogP contribution in [0.3, 0.4) is 0 Å². The fourth-order valence-corrected chi connectivity index (χ4v) is 1.45. The molecule has 0 aliphatic heterocycles. The van der Waals surface area contributed by atoms with Gasteiger partial charge in [-0.15, -0.1) is 0 Å². The predicted octanol–water partition coefficient (Wildman–Crippen LogP) is 0.552. The largest absolute Gasteiger partial charge is 2.00 e. The van der Waals surface area contributed by atoms with E-state index in [4.69, 9.17) is 0 Å². The maximum atomic E-state index is 2.86. The van der Waals surface area contributed by atoms with E-state index in [1.54, 1.807) is 0 Å². The van der Waals surface area contributed by atoms with Crippen molar-refractivity contribution in [2.75, 3.05) is 61.4 Å². The first-order chi connectivity index (χ1) is 10.5. The molecule has 0 atom stereocenters. The monoisotopic (exact) mass is 537 g/mol. The molecule has 0 amide bonds. The van der Waals surface area contributed by atoms with Gasteiger partial charge in [-0.1, -0.05) is 0 Å². The molecule has 2 aromatic carbocycles. The molecule has 3 nitrogen and oxygen atoms in total. The molecule has 27 heavy (non-hydrogen) atoms. The summed E-state index contributed by atoms with van der Waals surface area (Å²) in [5, 5.41) is 0. The van der Waals surface area contributed by atoms with Gasteiger partial charge in [-0.2, -0.15) is 18.2 Å². The van der Waals surface area contributed by atoms with Crippen molar-refractivity contribution >= 4 is 0 Å². The smallest absolute Gasteiger partial charge is 0.376 e.